The number of tetrazole rings is 1. The summed E-state index contributed by atoms with van der Waals surface area (Å²) >= 11 is 0. The van der Waals surface area contributed by atoms with Gasteiger partial charge in [-0.25, -0.2) is 4.98 Å². The minimum absolute atomic E-state index is 0.00740. The molecule has 2 fully saturated rings. The van der Waals surface area contributed by atoms with Gasteiger partial charge in [0.1, 0.15) is 5.82 Å². The van der Waals surface area contributed by atoms with E-state index in [1.807, 2.05) is 45.0 Å². The van der Waals surface area contributed by atoms with Gasteiger partial charge in [-0.1, -0.05) is 29.4 Å². The van der Waals surface area contributed by atoms with Crippen molar-refractivity contribution in [1.82, 2.24) is 25.2 Å². The van der Waals surface area contributed by atoms with Gasteiger partial charge in [-0.15, -0.1) is 5.10 Å². The van der Waals surface area contributed by atoms with Crippen molar-refractivity contribution in [3.8, 4) is 0 Å². The molecular formula is C32H37F6N7. The predicted molar refractivity (Wildman–Crippen MR) is 160 cm³/mol. The number of aromatic nitrogens is 5. The number of nitrogens with zero attached hydrogens (tertiary/aromatic N) is 7. The second-order valence-electron chi connectivity index (χ2n) is 13.0. The highest BCUT2D eigenvalue weighted by atomic mass is 19.4. The third kappa shape index (κ3) is 7.44. The zero-order valence-electron chi connectivity index (χ0n) is 25.5. The average molecular weight is 634 g/mol. The Morgan fingerprint density at radius 1 is 0.956 bits per heavy atom. The largest absolute Gasteiger partial charge is 0.416 e. The Morgan fingerprint density at radius 2 is 1.64 bits per heavy atom. The molecule has 3 aliphatic rings. The van der Waals surface area contributed by atoms with Crippen molar-refractivity contribution >= 4 is 22.7 Å². The fraction of sp³-hybridized carbons (Fsp3) is 0.562. The molecule has 1 atom stereocenters. The molecule has 3 aromatic rings. The number of fused-ring (bicyclic) bond motifs is 1. The minimum atomic E-state index is -4.92. The third-order valence-corrected chi connectivity index (χ3v) is 8.64. The molecule has 0 saturated heterocycles. The third-order valence-electron chi connectivity index (χ3n) is 8.64. The van der Waals surface area contributed by atoms with E-state index in [9.17, 15) is 26.3 Å². The lowest BCUT2D eigenvalue weighted by Crippen LogP contribution is -2.34. The lowest BCUT2D eigenvalue weighted by atomic mass is 9.89. The van der Waals surface area contributed by atoms with Crippen LogP contribution < -0.4 is 9.80 Å². The first-order chi connectivity index (χ1) is 21.2. The molecule has 2 heterocycles. The molecule has 0 spiro atoms. The molecular weight excluding hydrogens is 596 g/mol. The first-order valence-corrected chi connectivity index (χ1v) is 15.5. The smallest absolute Gasteiger partial charge is 0.356 e. The molecule has 7 nitrogen and oxygen atoms in total. The molecule has 1 unspecified atom stereocenters. The Labute approximate surface area is 258 Å². The van der Waals surface area contributed by atoms with Crippen molar-refractivity contribution in [2.45, 2.75) is 77.8 Å². The Balaban J connectivity index is 1.42. The molecule has 0 amide bonds. The van der Waals surface area contributed by atoms with E-state index in [2.05, 4.69) is 20.3 Å². The Kier molecular flexibility index (Phi) is 8.32. The quantitative estimate of drug-likeness (QED) is 0.201. The van der Waals surface area contributed by atoms with E-state index in [0.717, 1.165) is 72.7 Å². The first kappa shape index (κ1) is 31.3. The number of benzene rings is 1. The van der Waals surface area contributed by atoms with Crippen LogP contribution in [0.4, 0.5) is 38.1 Å². The number of para-hydroxylation sites is 1. The molecule has 0 radical (unpaired) electrons. The van der Waals surface area contributed by atoms with Gasteiger partial charge in [-0.05, 0) is 93.2 Å². The maximum absolute atomic E-state index is 13.8. The van der Waals surface area contributed by atoms with E-state index in [1.54, 1.807) is 4.90 Å². The Bertz CT molecular complexity index is 1580. The summed E-state index contributed by atoms with van der Waals surface area (Å²) < 4.78 is 82.7. The number of allylic oxidation sites excluding steroid dienone is 3. The number of anilines is 2. The second kappa shape index (κ2) is 11.9. The summed E-state index contributed by atoms with van der Waals surface area (Å²) in [6, 6.07) is 7.79. The van der Waals surface area contributed by atoms with Crippen molar-refractivity contribution in [1.29, 1.82) is 0 Å². The van der Waals surface area contributed by atoms with Crippen molar-refractivity contribution in [3.05, 3.63) is 58.7 Å². The van der Waals surface area contributed by atoms with Crippen LogP contribution in [0, 0.1) is 24.7 Å². The molecule has 242 valence electrons. The normalized spacial score (nSPS) is 19.2. The fourth-order valence-corrected chi connectivity index (χ4v) is 5.84. The highest BCUT2D eigenvalue weighted by Gasteiger charge is 2.44. The number of halogens is 6. The van der Waals surface area contributed by atoms with Crippen LogP contribution in [0.25, 0.3) is 10.9 Å². The number of rotatable bonds is 11. The summed E-state index contributed by atoms with van der Waals surface area (Å²) in [5, 5.41) is 13.7. The van der Waals surface area contributed by atoms with E-state index in [0.29, 0.717) is 11.8 Å². The SMILES string of the molecule is Cc1cccc2cc(CN(CC3=CC(C(F)(F)F)=CC(C(F)(F)F)C3)c3nnn(C(C)C)n3)c(N(CC3CC3)CC3CC3)nc12. The van der Waals surface area contributed by atoms with Crippen LogP contribution in [0.1, 0.15) is 63.1 Å². The highest BCUT2D eigenvalue weighted by Crippen LogP contribution is 2.42. The Morgan fingerprint density at radius 3 is 2.22 bits per heavy atom. The molecule has 2 aromatic heterocycles. The molecule has 2 saturated carbocycles. The van der Waals surface area contributed by atoms with Crippen molar-refractivity contribution < 1.29 is 26.3 Å². The maximum atomic E-state index is 13.8. The standard InChI is InChI=1S/C32H37F6N7/c1-19(2)45-41-30(40-42-45)44(17-23-11-26(31(33,34)35)14-27(12-23)32(36,37)38)18-25-13-24-6-4-5-20(3)28(24)39-29(25)43(15-21-7-8-21)16-22-9-10-22/h4-6,11,13-14,19,21-22,27H,7-10,12,15-18H2,1-3H3. The molecule has 6 rings (SSSR count). The van der Waals surface area contributed by atoms with Gasteiger partial charge in [0.05, 0.1) is 23.0 Å². The summed E-state index contributed by atoms with van der Waals surface area (Å²) in [6.07, 6.45) is -4.60. The molecule has 0 aliphatic heterocycles. The van der Waals surface area contributed by atoms with Gasteiger partial charge in [0, 0.05) is 37.1 Å². The number of pyridine rings is 1. The molecule has 45 heavy (non-hydrogen) atoms. The highest BCUT2D eigenvalue weighted by molar-refractivity contribution is 5.84. The van der Waals surface area contributed by atoms with Gasteiger partial charge in [-0.2, -0.15) is 31.1 Å². The summed E-state index contributed by atoms with van der Waals surface area (Å²) in [5.74, 6) is -0.173. The molecule has 3 aliphatic carbocycles. The number of aryl methyl sites for hydroxylation is 1. The second-order valence-corrected chi connectivity index (χ2v) is 13.0. The van der Waals surface area contributed by atoms with Gasteiger partial charge >= 0.3 is 12.4 Å². The van der Waals surface area contributed by atoms with Gasteiger partial charge < -0.3 is 9.80 Å². The van der Waals surface area contributed by atoms with E-state index < -0.39 is 30.3 Å². The Hall–Kier alpha value is -3.64. The van der Waals surface area contributed by atoms with Crippen LogP contribution in [0.5, 0.6) is 0 Å². The summed E-state index contributed by atoms with van der Waals surface area (Å²) in [6.45, 7) is 7.32. The number of alkyl halides is 6. The zero-order chi connectivity index (χ0) is 32.1. The topological polar surface area (TPSA) is 63.0 Å². The van der Waals surface area contributed by atoms with Crippen molar-refractivity contribution in [3.63, 3.8) is 0 Å². The van der Waals surface area contributed by atoms with E-state index in [4.69, 9.17) is 4.98 Å². The van der Waals surface area contributed by atoms with Crippen LogP contribution >= 0.6 is 0 Å². The van der Waals surface area contributed by atoms with Gasteiger partial charge in [-0.3, -0.25) is 0 Å². The summed E-state index contributed by atoms with van der Waals surface area (Å²) in [4.78, 5) is 10.5. The van der Waals surface area contributed by atoms with E-state index in [-0.39, 0.29) is 36.7 Å². The van der Waals surface area contributed by atoms with E-state index >= 15 is 0 Å². The zero-order valence-corrected chi connectivity index (χ0v) is 25.5. The molecule has 13 heteroatoms. The van der Waals surface area contributed by atoms with Gasteiger partial charge in [0.15, 0.2) is 0 Å². The predicted octanol–water partition coefficient (Wildman–Crippen LogP) is 7.74. The van der Waals surface area contributed by atoms with Gasteiger partial charge in [0.2, 0.25) is 0 Å². The van der Waals surface area contributed by atoms with Crippen LogP contribution in [-0.4, -0.2) is 57.2 Å². The molecule has 1 aromatic carbocycles. The summed E-state index contributed by atoms with van der Waals surface area (Å²) in [7, 11) is 0. The van der Waals surface area contributed by atoms with Crippen LogP contribution in [-0.2, 0) is 6.54 Å². The van der Waals surface area contributed by atoms with Gasteiger partial charge in [0.25, 0.3) is 5.95 Å². The lowest BCUT2D eigenvalue weighted by Gasteiger charge is -2.31. The van der Waals surface area contributed by atoms with Crippen LogP contribution in [0.2, 0.25) is 0 Å². The number of hydrogen-bond acceptors (Lipinski definition) is 6. The van der Waals surface area contributed by atoms with E-state index in [1.165, 1.54) is 4.80 Å². The first-order valence-electron chi connectivity index (χ1n) is 15.5. The number of hydrogen-bond donors (Lipinski definition) is 0. The molecule has 0 bridgehead atoms. The van der Waals surface area contributed by atoms with Crippen molar-refractivity contribution in [2.75, 3.05) is 29.4 Å². The van der Waals surface area contributed by atoms with Crippen molar-refractivity contribution in [2.24, 2.45) is 17.8 Å². The minimum Gasteiger partial charge on any atom is -0.356 e. The van der Waals surface area contributed by atoms with Crippen LogP contribution in [0.3, 0.4) is 0 Å². The average Bonchev–Trinajstić information content (AvgIpc) is 3.90. The molecule has 0 N–H and O–H groups in total. The lowest BCUT2D eigenvalue weighted by molar-refractivity contribution is -0.162. The monoisotopic (exact) mass is 633 g/mol. The van der Waals surface area contributed by atoms with Crippen LogP contribution in [0.15, 0.2) is 47.6 Å². The summed E-state index contributed by atoms with van der Waals surface area (Å²) in [5.41, 5.74) is 1.39. The fourth-order valence-electron chi connectivity index (χ4n) is 5.84. The maximum Gasteiger partial charge on any atom is 0.416 e.